The van der Waals surface area contributed by atoms with Gasteiger partial charge in [0, 0.05) is 36.2 Å². The van der Waals surface area contributed by atoms with Gasteiger partial charge in [-0.1, -0.05) is 23.2 Å². The molecule has 1 saturated heterocycles. The van der Waals surface area contributed by atoms with Crippen molar-refractivity contribution in [3.05, 3.63) is 28.2 Å². The molecule has 1 aromatic rings. The molecular weight excluding hydrogens is 377 g/mol. The van der Waals surface area contributed by atoms with Crippen LogP contribution >= 0.6 is 23.2 Å². The Morgan fingerprint density at radius 2 is 1.71 bits per heavy atom. The quantitative estimate of drug-likeness (QED) is 0.700. The second-order valence-corrected chi connectivity index (χ2v) is 8.20. The molecule has 0 aromatic heterocycles. The normalized spacial score (nSPS) is 15.3. The number of hydrogen-bond donors (Lipinski definition) is 0. The number of benzene rings is 1. The maximum absolute atomic E-state index is 12.4. The Hall–Kier alpha value is -1.51. The minimum Gasteiger partial charge on any atom is -0.342 e. The molecule has 1 aliphatic rings. The molecule has 1 heterocycles. The lowest BCUT2D eigenvalue weighted by Crippen LogP contribution is -2.51. The summed E-state index contributed by atoms with van der Waals surface area (Å²) < 4.78 is 25.1. The molecule has 0 radical (unpaired) electrons. The van der Waals surface area contributed by atoms with Gasteiger partial charge in [-0.3, -0.25) is 13.9 Å². The first-order valence-electron chi connectivity index (χ1n) is 7.11. The third-order valence-electron chi connectivity index (χ3n) is 3.63. The van der Waals surface area contributed by atoms with Crippen LogP contribution in [-0.4, -0.2) is 69.5 Å². The van der Waals surface area contributed by atoms with Crippen molar-refractivity contribution in [1.29, 1.82) is 0 Å². The van der Waals surface area contributed by atoms with E-state index in [-0.39, 0.29) is 28.2 Å². The number of carbonyl (C=O) groups excluding carboxylic acids is 2. The fourth-order valence-corrected chi connectivity index (χ4v) is 3.73. The topological polar surface area (TPSA) is 78.0 Å². The van der Waals surface area contributed by atoms with E-state index in [1.54, 1.807) is 4.90 Å². The van der Waals surface area contributed by atoms with Crippen LogP contribution in [-0.2, 0) is 19.6 Å². The monoisotopic (exact) mass is 393 g/mol. The van der Waals surface area contributed by atoms with E-state index in [9.17, 15) is 18.0 Å². The molecule has 2 rings (SSSR count). The van der Waals surface area contributed by atoms with E-state index < -0.39 is 10.0 Å². The zero-order valence-electron chi connectivity index (χ0n) is 13.0. The van der Waals surface area contributed by atoms with Crippen molar-refractivity contribution in [2.45, 2.75) is 0 Å². The van der Waals surface area contributed by atoms with Crippen LogP contribution in [0.2, 0.25) is 10.0 Å². The van der Waals surface area contributed by atoms with Crippen molar-refractivity contribution in [2.75, 3.05) is 43.3 Å². The molecule has 10 heteroatoms. The summed E-state index contributed by atoms with van der Waals surface area (Å²) in [6.07, 6.45) is 1.75. The molecule has 0 spiro atoms. The molecule has 1 aliphatic heterocycles. The summed E-state index contributed by atoms with van der Waals surface area (Å²) >= 11 is 11.8. The van der Waals surface area contributed by atoms with Gasteiger partial charge in [0.1, 0.15) is 6.54 Å². The summed E-state index contributed by atoms with van der Waals surface area (Å²) in [6, 6.07) is 4.35. The Morgan fingerprint density at radius 1 is 1.17 bits per heavy atom. The fourth-order valence-electron chi connectivity index (χ4n) is 2.38. The van der Waals surface area contributed by atoms with Gasteiger partial charge >= 0.3 is 0 Å². The highest BCUT2D eigenvalue weighted by atomic mass is 35.5. The summed E-state index contributed by atoms with van der Waals surface area (Å²) in [5, 5.41) is 0.552. The van der Waals surface area contributed by atoms with Crippen LogP contribution in [0.15, 0.2) is 18.2 Å². The lowest BCUT2D eigenvalue weighted by atomic mass is 10.3. The van der Waals surface area contributed by atoms with Gasteiger partial charge in [0.05, 0.1) is 11.9 Å². The summed E-state index contributed by atoms with van der Waals surface area (Å²) in [6.45, 7) is 1.24. The second kappa shape index (κ2) is 7.58. The zero-order valence-corrected chi connectivity index (χ0v) is 15.3. The fraction of sp³-hybridized carbons (Fsp3) is 0.429. The number of rotatable bonds is 5. The summed E-state index contributed by atoms with van der Waals surface area (Å²) in [4.78, 5) is 26.2. The van der Waals surface area contributed by atoms with Gasteiger partial charge in [-0.25, -0.2) is 8.42 Å². The molecule has 132 valence electrons. The molecule has 0 unspecified atom stereocenters. The highest BCUT2D eigenvalue weighted by Crippen LogP contribution is 2.27. The lowest BCUT2D eigenvalue weighted by molar-refractivity contribution is -0.133. The van der Waals surface area contributed by atoms with Crippen LogP contribution in [0.5, 0.6) is 0 Å². The van der Waals surface area contributed by atoms with Crippen molar-refractivity contribution in [1.82, 2.24) is 9.80 Å². The molecule has 7 nitrogen and oxygen atoms in total. The average Bonchev–Trinajstić information content (AvgIpc) is 2.50. The SMILES string of the molecule is CS(=O)(=O)N(CC(=O)N1CCN(C=O)CC1)c1cc(Cl)cc(Cl)c1. The smallest absolute Gasteiger partial charge is 0.243 e. The van der Waals surface area contributed by atoms with Gasteiger partial charge < -0.3 is 9.80 Å². The van der Waals surface area contributed by atoms with Crippen molar-refractivity contribution >= 4 is 51.2 Å². The predicted octanol–water partition coefficient (Wildman–Crippen LogP) is 1.06. The number of nitrogens with zero attached hydrogens (tertiary/aromatic N) is 3. The third-order valence-corrected chi connectivity index (χ3v) is 5.21. The van der Waals surface area contributed by atoms with Crippen molar-refractivity contribution < 1.29 is 18.0 Å². The molecule has 0 bridgehead atoms. The molecule has 0 N–H and O–H groups in total. The summed E-state index contributed by atoms with van der Waals surface area (Å²) in [5.41, 5.74) is 0.231. The van der Waals surface area contributed by atoms with Crippen LogP contribution < -0.4 is 4.31 Å². The molecule has 0 atom stereocenters. The maximum atomic E-state index is 12.4. The van der Waals surface area contributed by atoms with E-state index >= 15 is 0 Å². The van der Waals surface area contributed by atoms with Gasteiger partial charge in [-0.05, 0) is 18.2 Å². The number of carbonyl (C=O) groups is 2. The number of piperazine rings is 1. The van der Waals surface area contributed by atoms with E-state index in [1.165, 1.54) is 23.1 Å². The van der Waals surface area contributed by atoms with Crippen LogP contribution in [0, 0.1) is 0 Å². The molecule has 0 saturated carbocycles. The van der Waals surface area contributed by atoms with Gasteiger partial charge in [-0.15, -0.1) is 0 Å². The Morgan fingerprint density at radius 3 is 2.17 bits per heavy atom. The van der Waals surface area contributed by atoms with Gasteiger partial charge in [0.15, 0.2) is 0 Å². The Kier molecular flexibility index (Phi) is 5.95. The standard InChI is InChI=1S/C14H17Cl2N3O4S/c1-24(22,23)19(13-7-11(15)6-12(16)8-13)9-14(21)18-4-2-17(10-20)3-5-18/h6-8,10H,2-5,9H2,1H3. The lowest BCUT2D eigenvalue weighted by Gasteiger charge is -2.34. The van der Waals surface area contributed by atoms with Crippen LogP contribution in [0.3, 0.4) is 0 Å². The number of sulfonamides is 1. The molecule has 1 fully saturated rings. The predicted molar refractivity (Wildman–Crippen MR) is 92.9 cm³/mol. The first-order chi connectivity index (χ1) is 11.2. The van der Waals surface area contributed by atoms with Gasteiger partial charge in [0.25, 0.3) is 0 Å². The van der Waals surface area contributed by atoms with E-state index in [4.69, 9.17) is 23.2 Å². The highest BCUT2D eigenvalue weighted by Gasteiger charge is 2.26. The van der Waals surface area contributed by atoms with Crippen molar-refractivity contribution in [2.24, 2.45) is 0 Å². The molecular formula is C14H17Cl2N3O4S. The number of anilines is 1. The van der Waals surface area contributed by atoms with Crippen LogP contribution in [0.25, 0.3) is 0 Å². The van der Waals surface area contributed by atoms with Gasteiger partial charge in [0.2, 0.25) is 22.3 Å². The number of hydrogen-bond acceptors (Lipinski definition) is 4. The van der Waals surface area contributed by atoms with Crippen molar-refractivity contribution in [3.63, 3.8) is 0 Å². The number of amides is 2. The van der Waals surface area contributed by atoms with Crippen LogP contribution in [0.1, 0.15) is 0 Å². The second-order valence-electron chi connectivity index (χ2n) is 5.42. The Bertz CT molecular complexity index is 713. The first-order valence-corrected chi connectivity index (χ1v) is 9.72. The molecule has 24 heavy (non-hydrogen) atoms. The van der Waals surface area contributed by atoms with Crippen LogP contribution in [0.4, 0.5) is 5.69 Å². The Labute approximate surface area is 150 Å². The third kappa shape index (κ3) is 4.75. The molecule has 1 aromatic carbocycles. The highest BCUT2D eigenvalue weighted by molar-refractivity contribution is 7.92. The minimum atomic E-state index is -3.70. The average molecular weight is 394 g/mol. The summed E-state index contributed by atoms with van der Waals surface area (Å²) in [5.74, 6) is -0.345. The number of halogens is 2. The molecule has 2 amide bonds. The minimum absolute atomic E-state index is 0.231. The Balaban J connectivity index is 2.18. The molecule has 0 aliphatic carbocycles. The summed E-state index contributed by atoms with van der Waals surface area (Å²) in [7, 11) is -3.70. The largest absolute Gasteiger partial charge is 0.342 e. The zero-order chi connectivity index (χ0) is 17.9. The maximum Gasteiger partial charge on any atom is 0.243 e. The first kappa shape index (κ1) is 18.8. The van der Waals surface area contributed by atoms with Crippen molar-refractivity contribution in [3.8, 4) is 0 Å². The van der Waals surface area contributed by atoms with E-state index in [1.807, 2.05) is 0 Å². The van der Waals surface area contributed by atoms with Gasteiger partial charge in [-0.2, -0.15) is 0 Å². The van der Waals surface area contributed by atoms with E-state index in [2.05, 4.69) is 0 Å². The van der Waals surface area contributed by atoms with E-state index in [0.29, 0.717) is 26.2 Å². The van der Waals surface area contributed by atoms with E-state index in [0.717, 1.165) is 17.0 Å².